The number of rotatable bonds is 38. The van der Waals surface area contributed by atoms with Gasteiger partial charge in [-0.1, -0.05) is 194 Å². The third-order valence-electron chi connectivity index (χ3n) is 8.95. The Morgan fingerprint density at radius 3 is 0.778 bits per heavy atom. The number of esters is 2. The van der Waals surface area contributed by atoms with E-state index in [4.69, 9.17) is 14.2 Å². The van der Waals surface area contributed by atoms with Gasteiger partial charge in [-0.05, 0) is 12.8 Å². The maximum Gasteiger partial charge on any atom is 0.305 e. The summed E-state index contributed by atoms with van der Waals surface area (Å²) in [4.78, 5) is 23.8. The van der Waals surface area contributed by atoms with E-state index in [1.165, 1.54) is 167 Å². The maximum atomic E-state index is 11.9. The smallest absolute Gasteiger partial charge is 0.305 e. The van der Waals surface area contributed by atoms with Gasteiger partial charge in [-0.2, -0.15) is 0 Å². The molecule has 0 saturated carbocycles. The summed E-state index contributed by atoms with van der Waals surface area (Å²) in [6.45, 7) is 5.79. The lowest BCUT2D eigenvalue weighted by Gasteiger charge is -2.07. The fourth-order valence-corrected chi connectivity index (χ4v) is 5.96. The number of hydrogen-bond donors (Lipinski definition) is 0. The first-order valence-corrected chi connectivity index (χ1v) is 20.1. The minimum atomic E-state index is -0.136. The molecular formula is C40H78O5. The van der Waals surface area contributed by atoms with E-state index in [1.807, 2.05) is 0 Å². The van der Waals surface area contributed by atoms with Crippen LogP contribution in [0, 0.1) is 0 Å². The monoisotopic (exact) mass is 639 g/mol. The van der Waals surface area contributed by atoms with Crippen molar-refractivity contribution in [3.63, 3.8) is 0 Å². The molecule has 0 heterocycles. The van der Waals surface area contributed by atoms with E-state index in [9.17, 15) is 9.59 Å². The Morgan fingerprint density at radius 2 is 0.533 bits per heavy atom. The highest BCUT2D eigenvalue weighted by atomic mass is 16.6. The molecule has 0 fully saturated rings. The second-order valence-electron chi connectivity index (χ2n) is 13.5. The van der Waals surface area contributed by atoms with E-state index in [0.29, 0.717) is 26.1 Å². The standard InChI is InChI=1S/C40H78O5/c1-3-5-7-9-11-13-15-17-19-21-23-25-27-29-31-33-39(41)44-37-35-43-36-38-45-40(42)34-32-30-28-26-24-22-20-18-16-14-12-10-8-6-4-2/h3-38H2,1-2H3. The highest BCUT2D eigenvalue weighted by Gasteiger charge is 2.05. The molecule has 0 aromatic rings. The lowest BCUT2D eigenvalue weighted by molar-refractivity contribution is -0.146. The molecule has 0 aromatic heterocycles. The minimum Gasteiger partial charge on any atom is -0.463 e. The van der Waals surface area contributed by atoms with Crippen LogP contribution in [0.15, 0.2) is 0 Å². The summed E-state index contributed by atoms with van der Waals surface area (Å²) in [6, 6.07) is 0. The van der Waals surface area contributed by atoms with E-state index in [1.54, 1.807) is 0 Å². The van der Waals surface area contributed by atoms with Gasteiger partial charge in [0.1, 0.15) is 13.2 Å². The number of unbranched alkanes of at least 4 members (excludes halogenated alkanes) is 28. The van der Waals surface area contributed by atoms with E-state index in [2.05, 4.69) is 13.8 Å². The number of carbonyl (C=O) groups excluding carboxylic acids is 2. The van der Waals surface area contributed by atoms with Crippen molar-refractivity contribution in [2.45, 2.75) is 219 Å². The third-order valence-corrected chi connectivity index (χ3v) is 8.95. The first kappa shape index (κ1) is 43.9. The van der Waals surface area contributed by atoms with E-state index < -0.39 is 0 Å². The van der Waals surface area contributed by atoms with Gasteiger partial charge in [0.2, 0.25) is 0 Å². The quantitative estimate of drug-likeness (QED) is 0.0497. The maximum absolute atomic E-state index is 11.9. The Bertz CT molecular complexity index is 543. The summed E-state index contributed by atoms with van der Waals surface area (Å²) in [5.74, 6) is -0.272. The van der Waals surface area contributed by atoms with Crippen LogP contribution >= 0.6 is 0 Å². The van der Waals surface area contributed by atoms with Gasteiger partial charge in [0.15, 0.2) is 0 Å². The molecule has 0 spiro atoms. The topological polar surface area (TPSA) is 61.8 Å². The summed E-state index contributed by atoms with van der Waals surface area (Å²) in [5, 5.41) is 0. The molecule has 0 aliphatic rings. The third kappa shape index (κ3) is 39.0. The van der Waals surface area contributed by atoms with Crippen LogP contribution in [0.5, 0.6) is 0 Å². The lowest BCUT2D eigenvalue weighted by Crippen LogP contribution is -2.14. The molecule has 0 amide bonds. The molecule has 0 aliphatic carbocycles. The molecule has 0 rings (SSSR count). The van der Waals surface area contributed by atoms with Crippen molar-refractivity contribution in [1.29, 1.82) is 0 Å². The Balaban J connectivity index is 3.24. The first-order chi connectivity index (χ1) is 22.2. The fraction of sp³-hybridized carbons (Fsp3) is 0.950. The molecule has 0 N–H and O–H groups in total. The van der Waals surface area contributed by atoms with Crippen molar-refractivity contribution in [3.05, 3.63) is 0 Å². The van der Waals surface area contributed by atoms with Gasteiger partial charge in [-0.15, -0.1) is 0 Å². The second kappa shape index (κ2) is 39.1. The number of ether oxygens (including phenoxy) is 3. The Morgan fingerprint density at radius 1 is 0.311 bits per heavy atom. The molecule has 268 valence electrons. The van der Waals surface area contributed by atoms with Crippen molar-refractivity contribution in [2.24, 2.45) is 0 Å². The molecular weight excluding hydrogens is 560 g/mol. The van der Waals surface area contributed by atoms with Gasteiger partial charge < -0.3 is 14.2 Å². The molecule has 0 unspecified atom stereocenters. The van der Waals surface area contributed by atoms with E-state index in [0.717, 1.165) is 25.7 Å². The van der Waals surface area contributed by atoms with Crippen molar-refractivity contribution in [1.82, 2.24) is 0 Å². The Hall–Kier alpha value is -1.10. The molecule has 0 bridgehead atoms. The fourth-order valence-electron chi connectivity index (χ4n) is 5.96. The number of carbonyl (C=O) groups is 2. The van der Waals surface area contributed by atoms with Crippen molar-refractivity contribution in [3.8, 4) is 0 Å². The first-order valence-electron chi connectivity index (χ1n) is 20.1. The highest BCUT2D eigenvalue weighted by molar-refractivity contribution is 5.69. The van der Waals surface area contributed by atoms with Crippen LogP contribution in [0.4, 0.5) is 0 Å². The van der Waals surface area contributed by atoms with Crippen LogP contribution in [0.1, 0.15) is 219 Å². The van der Waals surface area contributed by atoms with Crippen molar-refractivity contribution < 1.29 is 23.8 Å². The SMILES string of the molecule is CCCCCCCCCCCCCCCCCC(=O)OCCOCCOC(=O)CCCCCCCCCCCCCCCCC. The second-order valence-corrected chi connectivity index (χ2v) is 13.5. The summed E-state index contributed by atoms with van der Waals surface area (Å²) in [7, 11) is 0. The van der Waals surface area contributed by atoms with Gasteiger partial charge in [0.25, 0.3) is 0 Å². The van der Waals surface area contributed by atoms with Gasteiger partial charge >= 0.3 is 11.9 Å². The zero-order valence-corrected chi connectivity index (χ0v) is 30.5. The average Bonchev–Trinajstić information content (AvgIpc) is 3.04. The van der Waals surface area contributed by atoms with Gasteiger partial charge in [-0.25, -0.2) is 0 Å². The predicted octanol–water partition coefficient (Wildman–Crippen LogP) is 12.6. The molecule has 0 aliphatic heterocycles. The summed E-state index contributed by atoms with van der Waals surface area (Å²) in [6.07, 6.45) is 40.6. The zero-order valence-electron chi connectivity index (χ0n) is 30.5. The lowest BCUT2D eigenvalue weighted by atomic mass is 10.0. The van der Waals surface area contributed by atoms with Gasteiger partial charge in [0.05, 0.1) is 13.2 Å². The van der Waals surface area contributed by atoms with Crippen LogP contribution in [0.3, 0.4) is 0 Å². The Labute approximate surface area is 281 Å². The summed E-state index contributed by atoms with van der Waals surface area (Å²) >= 11 is 0. The molecule has 0 radical (unpaired) electrons. The van der Waals surface area contributed by atoms with Crippen LogP contribution < -0.4 is 0 Å². The normalized spacial score (nSPS) is 11.2. The average molecular weight is 639 g/mol. The van der Waals surface area contributed by atoms with Crippen molar-refractivity contribution in [2.75, 3.05) is 26.4 Å². The predicted molar refractivity (Wildman–Crippen MR) is 192 cm³/mol. The molecule has 0 atom stereocenters. The zero-order chi connectivity index (χ0) is 32.7. The van der Waals surface area contributed by atoms with E-state index in [-0.39, 0.29) is 25.2 Å². The molecule has 5 nitrogen and oxygen atoms in total. The van der Waals surface area contributed by atoms with Crippen LogP contribution in [-0.2, 0) is 23.8 Å². The minimum absolute atomic E-state index is 0.136. The molecule has 45 heavy (non-hydrogen) atoms. The van der Waals surface area contributed by atoms with Gasteiger partial charge in [0, 0.05) is 12.8 Å². The van der Waals surface area contributed by atoms with Crippen LogP contribution in [0.25, 0.3) is 0 Å². The molecule has 0 saturated heterocycles. The molecule has 5 heteroatoms. The highest BCUT2D eigenvalue weighted by Crippen LogP contribution is 2.15. The van der Waals surface area contributed by atoms with Crippen LogP contribution in [0.2, 0.25) is 0 Å². The number of hydrogen-bond acceptors (Lipinski definition) is 5. The van der Waals surface area contributed by atoms with E-state index >= 15 is 0 Å². The Kier molecular flexibility index (Phi) is 38.1. The summed E-state index contributed by atoms with van der Waals surface area (Å²) < 4.78 is 16.0. The largest absolute Gasteiger partial charge is 0.463 e. The van der Waals surface area contributed by atoms with Crippen molar-refractivity contribution >= 4 is 11.9 Å². The van der Waals surface area contributed by atoms with Crippen LogP contribution in [-0.4, -0.2) is 38.4 Å². The van der Waals surface area contributed by atoms with Gasteiger partial charge in [-0.3, -0.25) is 9.59 Å². The molecule has 0 aromatic carbocycles. The summed E-state index contributed by atoms with van der Waals surface area (Å²) in [5.41, 5.74) is 0.